The van der Waals surface area contributed by atoms with Crippen LogP contribution in [0.2, 0.25) is 0 Å². The topological polar surface area (TPSA) is 80.7 Å². The first kappa shape index (κ1) is 16.2. The van der Waals surface area contributed by atoms with Gasteiger partial charge >= 0.3 is 67.5 Å². The van der Waals surface area contributed by atoms with Crippen molar-refractivity contribution in [2.24, 2.45) is 0 Å². The summed E-state index contributed by atoms with van der Waals surface area (Å²) in [6, 6.07) is 0. The van der Waals surface area contributed by atoms with Crippen LogP contribution in [-0.2, 0) is 19.6 Å². The second-order valence-corrected chi connectivity index (χ2v) is 3.96. The Morgan fingerprint density at radius 2 is 2.00 bits per heavy atom. The van der Waals surface area contributed by atoms with Crippen molar-refractivity contribution in [3.8, 4) is 0 Å². The van der Waals surface area contributed by atoms with Gasteiger partial charge in [0.1, 0.15) is 0 Å². The van der Waals surface area contributed by atoms with Crippen LogP contribution < -0.4 is 51.4 Å². The molecular weight excluding hydrogens is 223 g/mol. The van der Waals surface area contributed by atoms with Gasteiger partial charge in [-0.25, -0.2) is 4.79 Å². The molecule has 0 fully saturated rings. The summed E-state index contributed by atoms with van der Waals surface area (Å²) in [6.45, 7) is 5.66. The van der Waals surface area contributed by atoms with Gasteiger partial charge in [0, 0.05) is 5.57 Å². The number of esters is 1. The van der Waals surface area contributed by atoms with Crippen molar-refractivity contribution in [2.75, 3.05) is 0 Å². The molecule has 0 spiro atoms. The molecule has 5 nitrogen and oxygen atoms in total. The summed E-state index contributed by atoms with van der Waals surface area (Å²) in [5.41, 5.74) is -1.48. The van der Waals surface area contributed by atoms with Crippen LogP contribution in [0, 0.1) is 0 Å². The largest absolute Gasteiger partial charge is 1.00 e. The van der Waals surface area contributed by atoms with Gasteiger partial charge in [-0.1, -0.05) is 6.58 Å². The van der Waals surface area contributed by atoms with E-state index in [0.717, 1.165) is 6.92 Å². The summed E-state index contributed by atoms with van der Waals surface area (Å²) in [6.07, 6.45) is 0. The van der Waals surface area contributed by atoms with Gasteiger partial charge in [-0.3, -0.25) is 4.55 Å². The maximum absolute atomic E-state index is 10.7. The number of ether oxygens (including phenoxy) is 1. The van der Waals surface area contributed by atoms with Crippen LogP contribution >= 0.6 is 0 Å². The van der Waals surface area contributed by atoms with Crippen LogP contribution in [0.15, 0.2) is 12.2 Å². The van der Waals surface area contributed by atoms with Gasteiger partial charge in [0.25, 0.3) is 0 Å². The van der Waals surface area contributed by atoms with E-state index in [0.29, 0.717) is 0 Å². The average Bonchev–Trinajstić information content (AvgIpc) is 1.85. The van der Waals surface area contributed by atoms with E-state index in [2.05, 4.69) is 11.3 Å². The van der Waals surface area contributed by atoms with Crippen LogP contribution in [0.1, 0.15) is 15.3 Å². The van der Waals surface area contributed by atoms with Gasteiger partial charge in [-0.05, 0) is 13.8 Å². The maximum Gasteiger partial charge on any atom is 1.00 e. The molecule has 0 bridgehead atoms. The molecule has 0 heterocycles. The van der Waals surface area contributed by atoms with Gasteiger partial charge in [0.05, 0.1) is 0 Å². The molecule has 1 N–H and O–H groups in total. The Labute approximate surface area is 121 Å². The first-order valence-corrected chi connectivity index (χ1v) is 4.58. The second kappa shape index (κ2) is 6.28. The molecular formula is C6H11KO5S. The van der Waals surface area contributed by atoms with Crippen LogP contribution in [0.5, 0.6) is 0 Å². The standard InChI is InChI=1S/C6H10O5S.K.H/c1-4(2)6(7)11-5(3)12(8,9)10;;/h5H,1H2,2-3H3,(H,8,9,10);;/q;+1;-1. The monoisotopic (exact) mass is 234 g/mol. The molecule has 0 saturated heterocycles. The Morgan fingerprint density at radius 3 is 2.23 bits per heavy atom. The van der Waals surface area contributed by atoms with Crippen LogP contribution in [0.3, 0.4) is 0 Å². The minimum atomic E-state index is -4.32. The Hall–Kier alpha value is 0.756. The predicted molar refractivity (Wildman–Crippen MR) is 43.0 cm³/mol. The van der Waals surface area contributed by atoms with E-state index in [9.17, 15) is 13.2 Å². The molecule has 1 unspecified atom stereocenters. The number of carbonyl (C=O) groups is 1. The van der Waals surface area contributed by atoms with Crippen molar-refractivity contribution in [1.82, 2.24) is 0 Å². The van der Waals surface area contributed by atoms with Gasteiger partial charge in [0.15, 0.2) is 0 Å². The smallest absolute Gasteiger partial charge is 1.00 e. The Balaban J connectivity index is -0.000000605. The van der Waals surface area contributed by atoms with Gasteiger partial charge in [0.2, 0.25) is 5.44 Å². The summed E-state index contributed by atoms with van der Waals surface area (Å²) >= 11 is 0. The number of hydrogen-bond donors (Lipinski definition) is 1. The molecule has 1 atom stereocenters. The zero-order valence-electron chi connectivity index (χ0n) is 8.77. The van der Waals surface area contributed by atoms with Crippen molar-refractivity contribution in [1.29, 1.82) is 0 Å². The molecule has 0 aliphatic heterocycles. The Kier molecular flexibility index (Phi) is 7.82. The minimum Gasteiger partial charge on any atom is -1.00 e. The van der Waals surface area contributed by atoms with E-state index in [1.807, 2.05) is 0 Å². The third-order valence-corrected chi connectivity index (χ3v) is 1.98. The van der Waals surface area contributed by atoms with Gasteiger partial charge < -0.3 is 6.16 Å². The third kappa shape index (κ3) is 6.78. The average molecular weight is 234 g/mol. The molecule has 7 heteroatoms. The Bertz CT molecular complexity index is 299. The fourth-order valence-corrected chi connectivity index (χ4v) is 0.521. The van der Waals surface area contributed by atoms with Gasteiger partial charge in [-0.15, -0.1) is 0 Å². The van der Waals surface area contributed by atoms with Crippen molar-refractivity contribution in [3.05, 3.63) is 12.2 Å². The first-order valence-electron chi connectivity index (χ1n) is 3.08. The molecule has 0 aromatic rings. The van der Waals surface area contributed by atoms with E-state index in [4.69, 9.17) is 4.55 Å². The fourth-order valence-electron chi connectivity index (χ4n) is 0.312. The number of hydrogen-bond acceptors (Lipinski definition) is 4. The minimum absolute atomic E-state index is 0. The van der Waals surface area contributed by atoms with E-state index >= 15 is 0 Å². The summed E-state index contributed by atoms with van der Waals surface area (Å²) in [7, 11) is -4.32. The summed E-state index contributed by atoms with van der Waals surface area (Å²) in [5.74, 6) is -0.847. The molecule has 0 amide bonds. The summed E-state index contributed by atoms with van der Waals surface area (Å²) < 4.78 is 33.4. The molecule has 0 rings (SSSR count). The molecule has 0 aliphatic rings. The zero-order chi connectivity index (χ0) is 9.94. The fraction of sp³-hybridized carbons (Fsp3) is 0.500. The number of rotatable bonds is 3. The molecule has 0 aromatic heterocycles. The van der Waals surface area contributed by atoms with Crippen LogP contribution in [0.25, 0.3) is 0 Å². The second-order valence-electron chi connectivity index (χ2n) is 2.27. The number of carbonyl (C=O) groups excluding carboxylic acids is 1. The predicted octanol–water partition coefficient (Wildman–Crippen LogP) is -2.54. The van der Waals surface area contributed by atoms with E-state index in [-0.39, 0.29) is 58.4 Å². The molecule has 0 aromatic carbocycles. The van der Waals surface area contributed by atoms with E-state index in [1.165, 1.54) is 6.92 Å². The van der Waals surface area contributed by atoms with E-state index < -0.39 is 21.5 Å². The van der Waals surface area contributed by atoms with Crippen molar-refractivity contribution in [3.63, 3.8) is 0 Å². The Morgan fingerprint density at radius 1 is 1.62 bits per heavy atom. The molecule has 13 heavy (non-hydrogen) atoms. The molecule has 0 saturated carbocycles. The molecule has 0 aliphatic carbocycles. The van der Waals surface area contributed by atoms with Crippen molar-refractivity contribution < 1.29 is 75.3 Å². The van der Waals surface area contributed by atoms with Crippen LogP contribution in [-0.4, -0.2) is 24.4 Å². The quantitative estimate of drug-likeness (QED) is 0.252. The van der Waals surface area contributed by atoms with Crippen molar-refractivity contribution >= 4 is 16.1 Å². The summed E-state index contributed by atoms with van der Waals surface area (Å²) in [4.78, 5) is 10.7. The maximum atomic E-state index is 10.7. The van der Waals surface area contributed by atoms with Crippen molar-refractivity contribution in [2.45, 2.75) is 19.3 Å². The summed E-state index contributed by atoms with van der Waals surface area (Å²) in [5, 5.41) is 0. The van der Waals surface area contributed by atoms with E-state index in [1.54, 1.807) is 0 Å². The third-order valence-electron chi connectivity index (χ3n) is 1.04. The van der Waals surface area contributed by atoms with Crippen LogP contribution in [0.4, 0.5) is 0 Å². The SMILES string of the molecule is C=C(C)C(=O)OC(C)S(=O)(=O)O.[H-].[K+]. The normalized spacial score (nSPS) is 12.5. The first-order chi connectivity index (χ1) is 5.25. The molecule has 0 radical (unpaired) electrons. The van der Waals surface area contributed by atoms with Gasteiger partial charge in [-0.2, -0.15) is 8.42 Å². The zero-order valence-corrected chi connectivity index (χ0v) is 11.7. The molecule has 72 valence electrons.